The third-order valence-electron chi connectivity index (χ3n) is 4.91. The molecule has 3 nitrogen and oxygen atoms in total. The first kappa shape index (κ1) is 13.7. The van der Waals surface area contributed by atoms with Crippen LogP contribution in [0.2, 0.25) is 0 Å². The number of fused-ring (bicyclic) bond motifs is 1. The predicted octanol–water partition coefficient (Wildman–Crippen LogP) is 3.55. The molecule has 3 atom stereocenters. The lowest BCUT2D eigenvalue weighted by atomic mass is 10.0. The van der Waals surface area contributed by atoms with Crippen LogP contribution in [0.1, 0.15) is 38.0 Å². The highest BCUT2D eigenvalue weighted by molar-refractivity contribution is 5.77. The summed E-state index contributed by atoms with van der Waals surface area (Å²) in [5.74, 6) is 1.68. The van der Waals surface area contributed by atoms with Crippen LogP contribution in [0.4, 0.5) is 0 Å². The predicted molar refractivity (Wildman–Crippen MR) is 82.6 cm³/mol. The van der Waals surface area contributed by atoms with Gasteiger partial charge in [-0.25, -0.2) is 0 Å². The van der Waals surface area contributed by atoms with Gasteiger partial charge in [0.2, 0.25) is 0 Å². The normalized spacial score (nSPS) is 24.6. The fraction of sp³-hybridized carbons (Fsp3) is 0.529. The van der Waals surface area contributed by atoms with E-state index in [4.69, 9.17) is 10.2 Å². The summed E-state index contributed by atoms with van der Waals surface area (Å²) in [7, 11) is 2.20. The number of hydrogen-bond donors (Lipinski definition) is 1. The van der Waals surface area contributed by atoms with Crippen LogP contribution < -0.4 is 5.73 Å². The summed E-state index contributed by atoms with van der Waals surface area (Å²) in [5, 5.41) is 1.18. The van der Waals surface area contributed by atoms with Crippen LogP contribution in [-0.4, -0.2) is 24.5 Å². The van der Waals surface area contributed by atoms with E-state index < -0.39 is 0 Å². The van der Waals surface area contributed by atoms with Gasteiger partial charge in [-0.2, -0.15) is 0 Å². The maximum atomic E-state index is 6.01. The Bertz CT molecular complexity index is 544. The number of benzene rings is 1. The summed E-state index contributed by atoms with van der Waals surface area (Å²) >= 11 is 0. The molecule has 1 aliphatic rings. The lowest BCUT2D eigenvalue weighted by Crippen LogP contribution is -2.39. The van der Waals surface area contributed by atoms with E-state index in [9.17, 15) is 0 Å². The number of hydrogen-bond acceptors (Lipinski definition) is 3. The van der Waals surface area contributed by atoms with Crippen molar-refractivity contribution in [1.82, 2.24) is 4.90 Å². The van der Waals surface area contributed by atoms with Crippen LogP contribution in [0, 0.1) is 5.92 Å². The van der Waals surface area contributed by atoms with Crippen molar-refractivity contribution in [3.05, 3.63) is 36.1 Å². The Morgan fingerprint density at radius 1 is 1.35 bits per heavy atom. The maximum Gasteiger partial charge on any atom is 0.134 e. The van der Waals surface area contributed by atoms with Gasteiger partial charge in [0.25, 0.3) is 0 Å². The van der Waals surface area contributed by atoms with E-state index in [-0.39, 0.29) is 0 Å². The Balaban J connectivity index is 1.82. The van der Waals surface area contributed by atoms with Crippen LogP contribution in [0.25, 0.3) is 11.0 Å². The Labute approximate surface area is 120 Å². The molecule has 0 spiro atoms. The van der Waals surface area contributed by atoms with Gasteiger partial charge in [0, 0.05) is 11.4 Å². The van der Waals surface area contributed by atoms with Gasteiger partial charge in [0.15, 0.2) is 0 Å². The second-order valence-corrected chi connectivity index (χ2v) is 6.02. The average molecular weight is 272 g/mol. The summed E-state index contributed by atoms with van der Waals surface area (Å²) < 4.78 is 6.01. The fourth-order valence-corrected chi connectivity index (χ4v) is 3.52. The monoisotopic (exact) mass is 272 g/mol. The highest BCUT2D eigenvalue weighted by Crippen LogP contribution is 2.34. The average Bonchev–Trinajstić information content (AvgIpc) is 3.11. The van der Waals surface area contributed by atoms with E-state index in [0.29, 0.717) is 18.0 Å². The number of rotatable bonds is 4. The minimum Gasteiger partial charge on any atom is -0.459 e. The van der Waals surface area contributed by atoms with Gasteiger partial charge >= 0.3 is 0 Å². The maximum absolute atomic E-state index is 6.01. The van der Waals surface area contributed by atoms with Crippen molar-refractivity contribution >= 4 is 11.0 Å². The molecule has 2 N–H and O–H groups in total. The van der Waals surface area contributed by atoms with Gasteiger partial charge < -0.3 is 10.2 Å². The Kier molecular flexibility index (Phi) is 3.81. The highest BCUT2D eigenvalue weighted by atomic mass is 16.3. The lowest BCUT2D eigenvalue weighted by Gasteiger charge is -2.33. The largest absolute Gasteiger partial charge is 0.459 e. The first-order valence-corrected chi connectivity index (χ1v) is 7.61. The fourth-order valence-electron chi connectivity index (χ4n) is 3.52. The Morgan fingerprint density at radius 3 is 2.90 bits per heavy atom. The first-order chi connectivity index (χ1) is 9.70. The van der Waals surface area contributed by atoms with Crippen molar-refractivity contribution in [3.63, 3.8) is 0 Å². The minimum atomic E-state index is 0.291. The van der Waals surface area contributed by atoms with E-state index in [0.717, 1.165) is 17.9 Å². The second-order valence-electron chi connectivity index (χ2n) is 6.02. The van der Waals surface area contributed by atoms with Gasteiger partial charge in [-0.3, -0.25) is 4.90 Å². The molecular formula is C17H24N2O. The number of furan rings is 1. The molecule has 3 unspecified atom stereocenters. The van der Waals surface area contributed by atoms with Gasteiger partial charge in [-0.15, -0.1) is 0 Å². The van der Waals surface area contributed by atoms with Crippen molar-refractivity contribution in [2.24, 2.45) is 11.7 Å². The molecule has 0 aliphatic heterocycles. The molecule has 1 fully saturated rings. The first-order valence-electron chi connectivity index (χ1n) is 7.61. The molecule has 3 rings (SSSR count). The third-order valence-corrected chi connectivity index (χ3v) is 4.91. The molecule has 20 heavy (non-hydrogen) atoms. The Hall–Kier alpha value is -1.32. The highest BCUT2D eigenvalue weighted by Gasteiger charge is 2.32. The number of nitrogens with zero attached hydrogens (tertiary/aromatic N) is 1. The van der Waals surface area contributed by atoms with Crippen LogP contribution in [-0.2, 0) is 0 Å². The summed E-state index contributed by atoms with van der Waals surface area (Å²) in [6.07, 6.45) is 3.81. The zero-order valence-electron chi connectivity index (χ0n) is 12.4. The van der Waals surface area contributed by atoms with Crippen molar-refractivity contribution < 1.29 is 4.42 Å². The SMILES string of the molecule is CC(c1cc2ccccc2o1)N(C)C1CCCC1CN. The standard InChI is InChI=1S/C17H24N2O/c1-12(19(2)15-8-5-7-14(15)11-18)17-10-13-6-3-4-9-16(13)20-17/h3-4,6,9-10,12,14-15H,5,7-8,11,18H2,1-2H3. The summed E-state index contributed by atoms with van der Waals surface area (Å²) in [5.41, 5.74) is 6.89. The van der Waals surface area contributed by atoms with Crippen molar-refractivity contribution in [2.45, 2.75) is 38.3 Å². The zero-order chi connectivity index (χ0) is 14.1. The van der Waals surface area contributed by atoms with E-state index in [2.05, 4.69) is 37.1 Å². The molecule has 0 saturated heterocycles. The summed E-state index contributed by atoms with van der Waals surface area (Å²) in [6, 6.07) is 11.3. The van der Waals surface area contributed by atoms with Gasteiger partial charge in [-0.1, -0.05) is 24.6 Å². The molecule has 0 radical (unpaired) electrons. The van der Waals surface area contributed by atoms with Crippen LogP contribution >= 0.6 is 0 Å². The summed E-state index contributed by atoms with van der Waals surface area (Å²) in [6.45, 7) is 3.02. The molecule has 1 aliphatic carbocycles. The van der Waals surface area contributed by atoms with Crippen LogP contribution in [0.3, 0.4) is 0 Å². The zero-order valence-corrected chi connectivity index (χ0v) is 12.4. The van der Waals surface area contributed by atoms with Crippen LogP contribution in [0.5, 0.6) is 0 Å². The quantitative estimate of drug-likeness (QED) is 0.925. The number of nitrogens with two attached hydrogens (primary N) is 1. The topological polar surface area (TPSA) is 42.4 Å². The molecule has 1 heterocycles. The minimum absolute atomic E-state index is 0.291. The van der Waals surface area contributed by atoms with Crippen molar-refractivity contribution in [1.29, 1.82) is 0 Å². The smallest absolute Gasteiger partial charge is 0.134 e. The van der Waals surface area contributed by atoms with Crippen molar-refractivity contribution in [3.8, 4) is 0 Å². The molecule has 108 valence electrons. The molecule has 1 aromatic heterocycles. The molecule has 2 aromatic rings. The van der Waals surface area contributed by atoms with Gasteiger partial charge in [-0.05, 0) is 51.4 Å². The molecule has 0 amide bonds. The van der Waals surface area contributed by atoms with E-state index in [1.807, 2.05) is 12.1 Å². The molecule has 0 bridgehead atoms. The van der Waals surface area contributed by atoms with Gasteiger partial charge in [0.05, 0.1) is 6.04 Å². The third kappa shape index (κ3) is 2.36. The van der Waals surface area contributed by atoms with Crippen molar-refractivity contribution in [2.75, 3.05) is 13.6 Å². The van der Waals surface area contributed by atoms with Gasteiger partial charge in [0.1, 0.15) is 11.3 Å². The molecule has 3 heteroatoms. The van der Waals surface area contributed by atoms with E-state index >= 15 is 0 Å². The van der Waals surface area contributed by atoms with Crippen LogP contribution in [0.15, 0.2) is 34.7 Å². The molecular weight excluding hydrogens is 248 g/mol. The molecule has 1 saturated carbocycles. The second kappa shape index (κ2) is 5.58. The lowest BCUT2D eigenvalue weighted by molar-refractivity contribution is 0.138. The summed E-state index contributed by atoms with van der Waals surface area (Å²) in [4.78, 5) is 2.45. The Morgan fingerprint density at radius 2 is 2.15 bits per heavy atom. The van der Waals surface area contributed by atoms with E-state index in [1.165, 1.54) is 24.6 Å². The number of para-hydroxylation sites is 1. The molecule has 1 aromatic carbocycles. The van der Waals surface area contributed by atoms with E-state index in [1.54, 1.807) is 0 Å².